The average molecular weight is 254 g/mol. The lowest BCUT2D eigenvalue weighted by atomic mass is 9.87. The van der Waals surface area contributed by atoms with Crippen LogP contribution in [0.25, 0.3) is 0 Å². The minimum atomic E-state index is 0.361. The molecule has 0 aliphatic rings. The van der Waals surface area contributed by atoms with E-state index in [4.69, 9.17) is 5.26 Å². The highest BCUT2D eigenvalue weighted by Crippen LogP contribution is 2.27. The Morgan fingerprint density at radius 3 is 2.26 bits per heavy atom. The fourth-order valence-electron chi connectivity index (χ4n) is 2.31. The molecule has 0 fully saturated rings. The molecule has 19 heavy (non-hydrogen) atoms. The van der Waals surface area contributed by atoms with E-state index in [2.05, 4.69) is 45.9 Å². The second-order valence-electron chi connectivity index (χ2n) is 5.56. The first kappa shape index (κ1) is 15.3. The van der Waals surface area contributed by atoms with Gasteiger partial charge in [0.15, 0.2) is 0 Å². The molecule has 0 heterocycles. The minimum absolute atomic E-state index is 0.361. The summed E-state index contributed by atoms with van der Waals surface area (Å²) in [6.45, 7) is 8.57. The van der Waals surface area contributed by atoms with E-state index in [1.807, 2.05) is 6.07 Å². The maximum absolute atomic E-state index is 9.33. The summed E-state index contributed by atoms with van der Waals surface area (Å²) in [5, 5.41) is 18.3. The molecule has 1 rings (SSSR count). The van der Waals surface area contributed by atoms with Crippen LogP contribution >= 0.6 is 0 Å². The lowest BCUT2D eigenvalue weighted by molar-refractivity contribution is 0.642. The molecular formula is C17H22N2. The number of rotatable bonds is 5. The van der Waals surface area contributed by atoms with Gasteiger partial charge in [-0.3, -0.25) is 0 Å². The molecule has 0 aliphatic carbocycles. The van der Waals surface area contributed by atoms with E-state index in [-0.39, 0.29) is 0 Å². The Morgan fingerprint density at radius 2 is 1.79 bits per heavy atom. The molecule has 0 saturated carbocycles. The van der Waals surface area contributed by atoms with E-state index < -0.39 is 0 Å². The summed E-state index contributed by atoms with van der Waals surface area (Å²) in [7, 11) is 0. The molecule has 0 aliphatic heterocycles. The van der Waals surface area contributed by atoms with Gasteiger partial charge in [-0.1, -0.05) is 33.8 Å². The molecule has 0 amide bonds. The Balaban J connectivity index is 3.34. The van der Waals surface area contributed by atoms with Gasteiger partial charge in [0.2, 0.25) is 0 Å². The zero-order valence-electron chi connectivity index (χ0n) is 12.3. The fraction of sp³-hybridized carbons (Fsp3) is 0.529. The van der Waals surface area contributed by atoms with Crippen molar-refractivity contribution in [2.24, 2.45) is 5.92 Å². The molecule has 0 bridgehead atoms. The van der Waals surface area contributed by atoms with Gasteiger partial charge >= 0.3 is 0 Å². The maximum atomic E-state index is 9.33. The normalized spacial score (nSPS) is 11.9. The van der Waals surface area contributed by atoms with Crippen LogP contribution in [-0.2, 0) is 12.8 Å². The summed E-state index contributed by atoms with van der Waals surface area (Å²) in [6, 6.07) is 8.62. The van der Waals surface area contributed by atoms with Crippen molar-refractivity contribution in [2.75, 3.05) is 0 Å². The van der Waals surface area contributed by atoms with Crippen molar-refractivity contribution in [2.45, 2.75) is 52.9 Å². The fourth-order valence-corrected chi connectivity index (χ4v) is 2.31. The van der Waals surface area contributed by atoms with Crippen molar-refractivity contribution in [3.63, 3.8) is 0 Å². The maximum Gasteiger partial charge on any atom is 0.0994 e. The van der Waals surface area contributed by atoms with Crippen LogP contribution in [0, 0.1) is 28.6 Å². The van der Waals surface area contributed by atoms with Crippen molar-refractivity contribution in [1.29, 1.82) is 10.5 Å². The molecule has 1 unspecified atom stereocenters. The summed E-state index contributed by atoms with van der Waals surface area (Å²) in [5.74, 6) is 0.888. The zero-order chi connectivity index (χ0) is 14.4. The van der Waals surface area contributed by atoms with Gasteiger partial charge in [-0.05, 0) is 47.4 Å². The Hall–Kier alpha value is -1.80. The third-order valence-electron chi connectivity index (χ3n) is 3.53. The summed E-state index contributed by atoms with van der Waals surface area (Å²) >= 11 is 0. The number of nitrogens with zero attached hydrogens (tertiary/aromatic N) is 2. The lowest BCUT2D eigenvalue weighted by Crippen LogP contribution is -2.04. The summed E-state index contributed by atoms with van der Waals surface area (Å²) in [5.41, 5.74) is 4.10. The molecule has 1 aromatic rings. The predicted molar refractivity (Wildman–Crippen MR) is 77.7 cm³/mol. The van der Waals surface area contributed by atoms with Crippen molar-refractivity contribution in [3.8, 4) is 12.1 Å². The number of hydrogen-bond donors (Lipinski definition) is 0. The standard InChI is InChI=1S/C17H22N2/c1-5-13(4)17-10-14(6-7-18)15(8-12(2)3)9-16(17)11-19/h9-10,12-13H,5-6,8H2,1-4H3. The van der Waals surface area contributed by atoms with Gasteiger partial charge in [0.1, 0.15) is 0 Å². The Kier molecular flexibility index (Phi) is 5.58. The molecule has 2 heteroatoms. The molecule has 1 atom stereocenters. The quantitative estimate of drug-likeness (QED) is 0.784. The van der Waals surface area contributed by atoms with Crippen LogP contribution < -0.4 is 0 Å². The highest BCUT2D eigenvalue weighted by atomic mass is 14.3. The first-order chi connectivity index (χ1) is 9.03. The van der Waals surface area contributed by atoms with E-state index in [1.54, 1.807) is 0 Å². The van der Waals surface area contributed by atoms with Crippen LogP contribution in [0.1, 0.15) is 62.3 Å². The van der Waals surface area contributed by atoms with E-state index >= 15 is 0 Å². The van der Waals surface area contributed by atoms with E-state index in [0.717, 1.165) is 35.1 Å². The Morgan fingerprint density at radius 1 is 1.11 bits per heavy atom. The molecular weight excluding hydrogens is 232 g/mol. The van der Waals surface area contributed by atoms with Crippen LogP contribution in [0.5, 0.6) is 0 Å². The number of benzene rings is 1. The van der Waals surface area contributed by atoms with Crippen molar-refractivity contribution in [1.82, 2.24) is 0 Å². The first-order valence-electron chi connectivity index (χ1n) is 6.96. The molecule has 0 saturated heterocycles. The largest absolute Gasteiger partial charge is 0.198 e. The molecule has 2 nitrogen and oxygen atoms in total. The molecule has 100 valence electrons. The van der Waals surface area contributed by atoms with E-state index in [9.17, 15) is 5.26 Å². The van der Waals surface area contributed by atoms with Gasteiger partial charge in [0.05, 0.1) is 24.1 Å². The van der Waals surface area contributed by atoms with Gasteiger partial charge in [0, 0.05) is 0 Å². The summed E-state index contributed by atoms with van der Waals surface area (Å²) < 4.78 is 0. The molecule has 0 aromatic heterocycles. The third kappa shape index (κ3) is 3.83. The van der Waals surface area contributed by atoms with Gasteiger partial charge in [-0.2, -0.15) is 10.5 Å². The van der Waals surface area contributed by atoms with Crippen LogP contribution in [0.3, 0.4) is 0 Å². The average Bonchev–Trinajstić information content (AvgIpc) is 2.38. The highest BCUT2D eigenvalue weighted by molar-refractivity contribution is 5.47. The zero-order valence-corrected chi connectivity index (χ0v) is 12.3. The van der Waals surface area contributed by atoms with E-state index in [1.165, 1.54) is 0 Å². The third-order valence-corrected chi connectivity index (χ3v) is 3.53. The smallest absolute Gasteiger partial charge is 0.0994 e. The van der Waals surface area contributed by atoms with Crippen LogP contribution in [0.4, 0.5) is 0 Å². The molecule has 1 aromatic carbocycles. The monoisotopic (exact) mass is 254 g/mol. The van der Waals surface area contributed by atoms with Gasteiger partial charge in [-0.15, -0.1) is 0 Å². The predicted octanol–water partition coefficient (Wildman–Crippen LogP) is 4.34. The second-order valence-corrected chi connectivity index (χ2v) is 5.56. The molecule has 0 radical (unpaired) electrons. The first-order valence-corrected chi connectivity index (χ1v) is 6.96. The van der Waals surface area contributed by atoms with Crippen molar-refractivity contribution in [3.05, 3.63) is 34.4 Å². The van der Waals surface area contributed by atoms with Crippen molar-refractivity contribution >= 4 is 0 Å². The van der Waals surface area contributed by atoms with E-state index in [0.29, 0.717) is 18.3 Å². The van der Waals surface area contributed by atoms with Gasteiger partial charge < -0.3 is 0 Å². The van der Waals surface area contributed by atoms with Crippen LogP contribution in [-0.4, -0.2) is 0 Å². The number of hydrogen-bond acceptors (Lipinski definition) is 2. The summed E-state index contributed by atoms with van der Waals surface area (Å²) in [6.07, 6.45) is 2.36. The molecule has 0 N–H and O–H groups in total. The number of nitriles is 2. The summed E-state index contributed by atoms with van der Waals surface area (Å²) in [4.78, 5) is 0. The van der Waals surface area contributed by atoms with Gasteiger partial charge in [-0.25, -0.2) is 0 Å². The Labute approximate surface area is 116 Å². The SMILES string of the molecule is CCC(C)c1cc(CC#N)c(CC(C)C)cc1C#N. The second kappa shape index (κ2) is 6.95. The minimum Gasteiger partial charge on any atom is -0.198 e. The lowest BCUT2D eigenvalue weighted by Gasteiger charge is -2.17. The van der Waals surface area contributed by atoms with Crippen molar-refractivity contribution < 1.29 is 0 Å². The molecule has 0 spiro atoms. The van der Waals surface area contributed by atoms with Crippen LogP contribution in [0.2, 0.25) is 0 Å². The highest BCUT2D eigenvalue weighted by Gasteiger charge is 2.14. The van der Waals surface area contributed by atoms with Crippen LogP contribution in [0.15, 0.2) is 12.1 Å². The topological polar surface area (TPSA) is 47.6 Å². The Bertz CT molecular complexity index is 515. The van der Waals surface area contributed by atoms with Gasteiger partial charge in [0.25, 0.3) is 0 Å².